The summed E-state index contributed by atoms with van der Waals surface area (Å²) in [7, 11) is -3.47. The Hall–Kier alpha value is -2.53. The third-order valence-corrected chi connectivity index (χ3v) is 4.09. The van der Waals surface area contributed by atoms with E-state index in [4.69, 9.17) is 27.4 Å². The maximum Gasteiger partial charge on any atom is 0.175 e. The first-order valence-corrected chi connectivity index (χ1v) is 7.73. The fraction of sp³-hybridized carbons (Fsp3) is 0.154. The van der Waals surface area contributed by atoms with E-state index in [1.165, 1.54) is 12.1 Å². The molecule has 6 nitrogen and oxygen atoms in total. The van der Waals surface area contributed by atoms with E-state index >= 15 is 0 Å². The third-order valence-electron chi connectivity index (χ3n) is 2.50. The number of allylic oxidation sites excluding steroid dienone is 2. The number of aryl methyl sites for hydroxylation is 1. The van der Waals surface area contributed by atoms with Crippen molar-refractivity contribution in [3.63, 3.8) is 0 Å². The highest BCUT2D eigenvalue weighted by Crippen LogP contribution is 2.30. The van der Waals surface area contributed by atoms with E-state index in [1.54, 1.807) is 25.1 Å². The minimum Gasteiger partial charge on any atom is -0.344 e. The van der Waals surface area contributed by atoms with Crippen LogP contribution >= 0.6 is 11.6 Å². The number of benzene rings is 1. The zero-order valence-corrected chi connectivity index (χ0v) is 12.7. The van der Waals surface area contributed by atoms with Crippen molar-refractivity contribution in [2.75, 3.05) is 11.6 Å². The summed E-state index contributed by atoms with van der Waals surface area (Å²) < 4.78 is 23.2. The molecule has 0 heterocycles. The molecule has 0 aliphatic carbocycles. The lowest BCUT2D eigenvalue weighted by atomic mass is 10.2. The van der Waals surface area contributed by atoms with Crippen LogP contribution in [0.15, 0.2) is 28.3 Å². The highest BCUT2D eigenvalue weighted by molar-refractivity contribution is 7.90. The lowest BCUT2D eigenvalue weighted by Gasteiger charge is -2.11. The molecule has 0 aliphatic rings. The van der Waals surface area contributed by atoms with Crippen molar-refractivity contribution < 1.29 is 8.42 Å². The number of nitrogens with one attached hydrogen (secondary N) is 1. The van der Waals surface area contributed by atoms with Crippen molar-refractivity contribution in [1.29, 1.82) is 15.8 Å². The average molecular weight is 321 g/mol. The van der Waals surface area contributed by atoms with Crippen LogP contribution in [-0.2, 0) is 9.84 Å². The van der Waals surface area contributed by atoms with E-state index in [9.17, 15) is 8.42 Å². The zero-order chi connectivity index (χ0) is 16.2. The molecule has 1 aromatic carbocycles. The van der Waals surface area contributed by atoms with Crippen LogP contribution in [0.25, 0.3) is 0 Å². The smallest absolute Gasteiger partial charge is 0.175 e. The Morgan fingerprint density at radius 3 is 2.19 bits per heavy atom. The maximum absolute atomic E-state index is 11.6. The SMILES string of the molecule is Cc1cc(S(C)(=O)=O)cc(NC(C#N)=C(C#N)C#N)c1Cl. The Morgan fingerprint density at radius 2 is 1.76 bits per heavy atom. The molecule has 1 rings (SSSR count). The molecule has 0 saturated heterocycles. The fourth-order valence-electron chi connectivity index (χ4n) is 1.46. The van der Waals surface area contributed by atoms with Gasteiger partial charge in [0.05, 0.1) is 15.6 Å². The van der Waals surface area contributed by atoms with Gasteiger partial charge in [-0.15, -0.1) is 0 Å². The topological polar surface area (TPSA) is 118 Å². The second kappa shape index (κ2) is 6.28. The summed E-state index contributed by atoms with van der Waals surface area (Å²) in [6, 6.07) is 7.46. The molecule has 1 N–H and O–H groups in total. The van der Waals surface area contributed by atoms with E-state index in [2.05, 4.69) is 5.32 Å². The fourth-order valence-corrected chi connectivity index (χ4v) is 2.34. The Kier molecular flexibility index (Phi) is 4.94. The Morgan fingerprint density at radius 1 is 1.19 bits per heavy atom. The van der Waals surface area contributed by atoms with Crippen molar-refractivity contribution in [3.05, 3.63) is 34.0 Å². The summed E-state index contributed by atoms with van der Waals surface area (Å²) in [5, 5.41) is 29.2. The van der Waals surface area contributed by atoms with Crippen molar-refractivity contribution in [1.82, 2.24) is 0 Å². The molecular weight excluding hydrogens is 312 g/mol. The van der Waals surface area contributed by atoms with Crippen LogP contribution in [0.1, 0.15) is 5.56 Å². The Labute approximate surface area is 127 Å². The molecule has 0 amide bonds. The quantitative estimate of drug-likeness (QED) is 0.854. The molecular formula is C13H9ClN4O2S. The molecule has 0 radical (unpaired) electrons. The van der Waals surface area contributed by atoms with Crippen LogP contribution < -0.4 is 5.32 Å². The van der Waals surface area contributed by atoms with Gasteiger partial charge in [0, 0.05) is 6.26 Å². The molecule has 0 aromatic heterocycles. The van der Waals surface area contributed by atoms with Gasteiger partial charge in [0.25, 0.3) is 0 Å². The summed E-state index contributed by atoms with van der Waals surface area (Å²) in [5.74, 6) is 0. The average Bonchev–Trinajstić information content (AvgIpc) is 2.42. The maximum atomic E-state index is 11.6. The van der Waals surface area contributed by atoms with Crippen LogP contribution in [0.4, 0.5) is 5.69 Å². The predicted molar refractivity (Wildman–Crippen MR) is 76.8 cm³/mol. The largest absolute Gasteiger partial charge is 0.344 e. The van der Waals surface area contributed by atoms with E-state index in [0.717, 1.165) is 6.26 Å². The molecule has 0 atom stereocenters. The molecule has 0 unspecified atom stereocenters. The van der Waals surface area contributed by atoms with Gasteiger partial charge in [-0.3, -0.25) is 0 Å². The first-order valence-electron chi connectivity index (χ1n) is 5.46. The van der Waals surface area contributed by atoms with Crippen molar-refractivity contribution in [2.45, 2.75) is 11.8 Å². The number of nitriles is 3. The van der Waals surface area contributed by atoms with Crippen LogP contribution in [0.5, 0.6) is 0 Å². The predicted octanol–water partition coefficient (Wildman–Crippen LogP) is 2.29. The van der Waals surface area contributed by atoms with Crippen LogP contribution in [0.3, 0.4) is 0 Å². The van der Waals surface area contributed by atoms with E-state index < -0.39 is 15.4 Å². The van der Waals surface area contributed by atoms with E-state index in [1.807, 2.05) is 0 Å². The lowest BCUT2D eigenvalue weighted by Crippen LogP contribution is -2.05. The minimum atomic E-state index is -3.47. The number of sulfone groups is 1. The summed E-state index contributed by atoms with van der Waals surface area (Å²) in [4.78, 5) is 0.0136. The monoisotopic (exact) mass is 320 g/mol. The third kappa shape index (κ3) is 3.73. The first-order chi connectivity index (χ1) is 9.74. The lowest BCUT2D eigenvalue weighted by molar-refractivity contribution is 0.602. The van der Waals surface area contributed by atoms with Gasteiger partial charge in [-0.2, -0.15) is 15.8 Å². The summed E-state index contributed by atoms with van der Waals surface area (Å²) in [5.41, 5.74) is -0.102. The van der Waals surface area contributed by atoms with Gasteiger partial charge in [-0.1, -0.05) is 11.6 Å². The van der Waals surface area contributed by atoms with Crippen LogP contribution in [0, 0.1) is 40.9 Å². The zero-order valence-electron chi connectivity index (χ0n) is 11.1. The number of halogens is 1. The normalized spacial score (nSPS) is 9.90. The molecule has 0 spiro atoms. The highest BCUT2D eigenvalue weighted by Gasteiger charge is 2.15. The van der Waals surface area contributed by atoms with Gasteiger partial charge in [0.1, 0.15) is 23.9 Å². The first kappa shape index (κ1) is 16.5. The molecule has 21 heavy (non-hydrogen) atoms. The summed E-state index contributed by atoms with van der Waals surface area (Å²) in [6.45, 7) is 1.60. The van der Waals surface area contributed by atoms with E-state index in [-0.39, 0.29) is 21.3 Å². The van der Waals surface area contributed by atoms with Crippen molar-refractivity contribution in [3.8, 4) is 18.2 Å². The standard InChI is InChI=1S/C13H9ClN4O2S/c1-8-3-10(21(2,19)20)4-11(13(8)14)18-12(7-17)9(5-15)6-16/h3-4,18H,1-2H3. The molecule has 8 heteroatoms. The molecule has 1 aromatic rings. The molecule has 0 fully saturated rings. The van der Waals surface area contributed by atoms with Gasteiger partial charge in [-0.05, 0) is 24.6 Å². The second-order valence-corrected chi connectivity index (χ2v) is 6.48. The van der Waals surface area contributed by atoms with Crippen LogP contribution in [-0.4, -0.2) is 14.7 Å². The van der Waals surface area contributed by atoms with Gasteiger partial charge < -0.3 is 5.32 Å². The molecule has 0 bridgehead atoms. The molecule has 106 valence electrons. The number of anilines is 1. The van der Waals surface area contributed by atoms with Crippen molar-refractivity contribution in [2.24, 2.45) is 0 Å². The minimum absolute atomic E-state index is 0.0136. The van der Waals surface area contributed by atoms with Gasteiger partial charge >= 0.3 is 0 Å². The number of hydrogen-bond donors (Lipinski definition) is 1. The highest BCUT2D eigenvalue weighted by atomic mass is 35.5. The second-order valence-electron chi connectivity index (χ2n) is 4.08. The Bertz CT molecular complexity index is 836. The number of rotatable bonds is 3. The molecule has 0 saturated carbocycles. The van der Waals surface area contributed by atoms with Crippen LogP contribution in [0.2, 0.25) is 5.02 Å². The van der Waals surface area contributed by atoms with Gasteiger partial charge in [-0.25, -0.2) is 8.42 Å². The summed E-state index contributed by atoms with van der Waals surface area (Å²) in [6.07, 6.45) is 1.04. The molecule has 0 aliphatic heterocycles. The number of hydrogen-bond acceptors (Lipinski definition) is 6. The summed E-state index contributed by atoms with van der Waals surface area (Å²) >= 11 is 6.05. The van der Waals surface area contributed by atoms with Gasteiger partial charge in [0.15, 0.2) is 15.4 Å². The van der Waals surface area contributed by atoms with Gasteiger partial charge in [0.2, 0.25) is 0 Å². The number of nitrogens with zero attached hydrogens (tertiary/aromatic N) is 3. The van der Waals surface area contributed by atoms with E-state index in [0.29, 0.717) is 5.56 Å². The Balaban J connectivity index is 3.51. The van der Waals surface area contributed by atoms with Crippen molar-refractivity contribution >= 4 is 27.1 Å².